The minimum atomic E-state index is -2.70. The van der Waals surface area contributed by atoms with Crippen LogP contribution in [0.3, 0.4) is 0 Å². The molecule has 2 rings (SSSR count). The number of aromatic nitrogens is 1. The van der Waals surface area contributed by atoms with Crippen LogP contribution in [0.2, 0.25) is 0 Å². The lowest BCUT2D eigenvalue weighted by molar-refractivity contribution is -0.683. The molecule has 1 aromatic heterocycles. The minimum absolute atomic E-state index is 0.866. The normalized spacial score (nSPS) is 11.7. The molecule has 2 aromatic rings. The Bertz CT molecular complexity index is 489. The van der Waals surface area contributed by atoms with Gasteiger partial charge in [-0.3, -0.25) is 0 Å². The van der Waals surface area contributed by atoms with Gasteiger partial charge in [-0.15, -0.1) is 0 Å². The Kier molecular flexibility index (Phi) is 4.84. The molecule has 0 unspecified atom stereocenters. The first kappa shape index (κ1) is 14.4. The number of rotatable bonds is 6. The van der Waals surface area contributed by atoms with Crippen LogP contribution in [0.15, 0.2) is 41.4 Å². The summed E-state index contributed by atoms with van der Waals surface area (Å²) in [5.74, 6) is 0. The fraction of sp³-hybridized carbons (Fsp3) is 0.308. The first-order chi connectivity index (χ1) is 9.24. The number of benzene rings is 1. The van der Waals surface area contributed by atoms with E-state index in [2.05, 4.69) is 33.8 Å². The molecule has 0 amide bonds. The summed E-state index contributed by atoms with van der Waals surface area (Å²) in [5.41, 5.74) is 3.32. The largest absolute Gasteiger partial charge is 0.536 e. The Morgan fingerprint density at radius 3 is 2.16 bits per heavy atom. The van der Waals surface area contributed by atoms with Gasteiger partial charge in [0.05, 0.1) is 5.38 Å². The fourth-order valence-electron chi connectivity index (χ4n) is 1.98. The summed E-state index contributed by atoms with van der Waals surface area (Å²) in [7, 11) is 2.16. The Balaban J connectivity index is 2.18. The van der Waals surface area contributed by atoms with E-state index in [9.17, 15) is 0 Å². The summed E-state index contributed by atoms with van der Waals surface area (Å²) >= 11 is 1.69. The highest BCUT2D eigenvalue weighted by atomic mass is 32.1. The van der Waals surface area contributed by atoms with Crippen LogP contribution in [-0.4, -0.2) is 30.1 Å². The van der Waals surface area contributed by atoms with E-state index in [1.807, 2.05) is 12.1 Å². The third kappa shape index (κ3) is 3.10. The molecular weight excluding hydrogens is 278 g/mol. The second kappa shape index (κ2) is 6.40. The third-order valence-electron chi connectivity index (χ3n) is 3.01. The van der Waals surface area contributed by atoms with Gasteiger partial charge in [0, 0.05) is 32.1 Å². The predicted octanol–water partition coefficient (Wildman–Crippen LogP) is 1.17. The van der Waals surface area contributed by atoms with Crippen molar-refractivity contribution in [3.8, 4) is 0 Å². The SMILES string of the molecule is CO[Si](OC)(OC)c1ccc(C[n+]2ccsc2)cc1. The van der Waals surface area contributed by atoms with Crippen LogP contribution in [-0.2, 0) is 19.8 Å². The van der Waals surface area contributed by atoms with Gasteiger partial charge >= 0.3 is 8.80 Å². The Morgan fingerprint density at radius 2 is 1.68 bits per heavy atom. The van der Waals surface area contributed by atoms with E-state index in [1.54, 1.807) is 32.7 Å². The zero-order valence-corrected chi connectivity index (χ0v) is 13.1. The van der Waals surface area contributed by atoms with Crippen molar-refractivity contribution in [1.29, 1.82) is 0 Å². The average molecular weight is 296 g/mol. The number of nitrogens with zero attached hydrogens (tertiary/aromatic N) is 1. The second-order valence-corrected chi connectivity index (χ2v) is 7.73. The smallest absolute Gasteiger partial charge is 0.373 e. The van der Waals surface area contributed by atoms with E-state index in [-0.39, 0.29) is 0 Å². The minimum Gasteiger partial charge on any atom is -0.373 e. The molecule has 0 saturated carbocycles. The summed E-state index contributed by atoms with van der Waals surface area (Å²) < 4.78 is 18.5. The van der Waals surface area contributed by atoms with Gasteiger partial charge in [-0.25, -0.2) is 0 Å². The molecule has 0 aliphatic heterocycles. The Hall–Kier alpha value is -1.05. The molecule has 1 aromatic carbocycles. The van der Waals surface area contributed by atoms with Crippen LogP contribution in [0.5, 0.6) is 0 Å². The average Bonchev–Trinajstić information content (AvgIpc) is 2.96. The highest BCUT2D eigenvalue weighted by Crippen LogP contribution is 2.08. The topological polar surface area (TPSA) is 31.6 Å². The molecule has 0 aliphatic carbocycles. The highest BCUT2D eigenvalue weighted by molar-refractivity contribution is 7.07. The Labute approximate surface area is 118 Å². The van der Waals surface area contributed by atoms with Crippen LogP contribution in [0.4, 0.5) is 0 Å². The van der Waals surface area contributed by atoms with Gasteiger partial charge < -0.3 is 13.3 Å². The van der Waals surface area contributed by atoms with Crippen molar-refractivity contribution in [2.24, 2.45) is 0 Å². The molecule has 0 fully saturated rings. The lowest BCUT2D eigenvalue weighted by Crippen LogP contribution is -2.54. The van der Waals surface area contributed by atoms with E-state index in [0.29, 0.717) is 0 Å². The van der Waals surface area contributed by atoms with E-state index in [0.717, 1.165) is 11.7 Å². The molecular formula is C13H18NO3SSi+. The van der Waals surface area contributed by atoms with Crippen molar-refractivity contribution in [3.63, 3.8) is 0 Å². The van der Waals surface area contributed by atoms with Gasteiger partial charge in [-0.2, -0.15) is 4.57 Å². The lowest BCUT2D eigenvalue weighted by Gasteiger charge is -2.24. The van der Waals surface area contributed by atoms with Gasteiger partial charge in [-0.1, -0.05) is 35.6 Å². The van der Waals surface area contributed by atoms with Gasteiger partial charge in [0.25, 0.3) is 0 Å². The molecule has 1 heterocycles. The van der Waals surface area contributed by atoms with Crippen molar-refractivity contribution < 1.29 is 17.8 Å². The molecule has 4 nitrogen and oxygen atoms in total. The zero-order valence-electron chi connectivity index (χ0n) is 11.3. The second-order valence-electron chi connectivity index (χ2n) is 4.06. The van der Waals surface area contributed by atoms with Gasteiger partial charge in [0.15, 0.2) is 12.7 Å². The lowest BCUT2D eigenvalue weighted by atomic mass is 10.2. The van der Waals surface area contributed by atoms with E-state index in [1.165, 1.54) is 5.56 Å². The molecule has 0 saturated heterocycles. The van der Waals surface area contributed by atoms with Gasteiger partial charge in [-0.05, 0) is 0 Å². The first-order valence-electron chi connectivity index (χ1n) is 5.90. The molecule has 0 spiro atoms. The maximum Gasteiger partial charge on any atom is 0.536 e. The number of thiazole rings is 1. The van der Waals surface area contributed by atoms with Crippen molar-refractivity contribution in [1.82, 2.24) is 0 Å². The van der Waals surface area contributed by atoms with Crippen molar-refractivity contribution >= 4 is 25.3 Å². The number of hydrogen-bond acceptors (Lipinski definition) is 4. The van der Waals surface area contributed by atoms with E-state index < -0.39 is 8.80 Å². The first-order valence-corrected chi connectivity index (χ1v) is 8.57. The summed E-state index contributed by atoms with van der Waals surface area (Å²) in [4.78, 5) is 0. The molecule has 0 aliphatic rings. The monoisotopic (exact) mass is 296 g/mol. The van der Waals surface area contributed by atoms with Crippen molar-refractivity contribution in [2.75, 3.05) is 21.3 Å². The Morgan fingerprint density at radius 1 is 1.05 bits per heavy atom. The molecule has 19 heavy (non-hydrogen) atoms. The van der Waals surface area contributed by atoms with Gasteiger partial charge in [0.2, 0.25) is 5.51 Å². The van der Waals surface area contributed by atoms with E-state index in [4.69, 9.17) is 13.3 Å². The molecule has 0 atom stereocenters. The number of hydrogen-bond donors (Lipinski definition) is 0. The van der Waals surface area contributed by atoms with Crippen LogP contribution >= 0.6 is 11.3 Å². The predicted molar refractivity (Wildman–Crippen MR) is 76.5 cm³/mol. The molecule has 0 radical (unpaired) electrons. The molecule has 102 valence electrons. The molecule has 0 bridgehead atoms. The van der Waals surface area contributed by atoms with Crippen LogP contribution in [0.1, 0.15) is 5.56 Å². The third-order valence-corrected chi connectivity index (χ3v) is 6.33. The van der Waals surface area contributed by atoms with E-state index >= 15 is 0 Å². The molecule has 0 N–H and O–H groups in total. The van der Waals surface area contributed by atoms with Crippen LogP contribution in [0, 0.1) is 0 Å². The van der Waals surface area contributed by atoms with Crippen molar-refractivity contribution in [2.45, 2.75) is 6.54 Å². The fourth-order valence-corrected chi connectivity index (χ4v) is 4.36. The maximum atomic E-state index is 5.46. The quantitative estimate of drug-likeness (QED) is 0.592. The summed E-state index contributed by atoms with van der Waals surface area (Å²) in [6, 6.07) is 8.20. The maximum absolute atomic E-state index is 5.46. The van der Waals surface area contributed by atoms with Crippen LogP contribution < -0.4 is 9.75 Å². The van der Waals surface area contributed by atoms with Gasteiger partial charge in [0.1, 0.15) is 0 Å². The summed E-state index contributed by atoms with van der Waals surface area (Å²) in [6.07, 6.45) is 2.07. The summed E-state index contributed by atoms with van der Waals surface area (Å²) in [5, 5.41) is 3.03. The summed E-state index contributed by atoms with van der Waals surface area (Å²) in [6.45, 7) is 0.866. The molecule has 6 heteroatoms. The highest BCUT2D eigenvalue weighted by Gasteiger charge is 2.40. The standard InChI is InChI=1S/C13H18NO3SSi/c1-15-19(16-2,17-3)13-6-4-12(5-7-13)10-14-8-9-18-11-14/h4-9,11H,10H2,1-3H3/q+1. The van der Waals surface area contributed by atoms with Crippen molar-refractivity contribution in [3.05, 3.63) is 46.9 Å². The van der Waals surface area contributed by atoms with Crippen LogP contribution in [0.25, 0.3) is 0 Å². The zero-order chi connectivity index (χ0) is 13.7.